The zero-order valence-corrected chi connectivity index (χ0v) is 16.7. The summed E-state index contributed by atoms with van der Waals surface area (Å²) in [7, 11) is 0. The van der Waals surface area contributed by atoms with Crippen molar-refractivity contribution in [1.29, 1.82) is 0 Å². The number of rotatable bonds is 5. The van der Waals surface area contributed by atoms with E-state index in [9.17, 15) is 4.79 Å². The number of hydrogen-bond donors (Lipinski definition) is 1. The summed E-state index contributed by atoms with van der Waals surface area (Å²) in [5.74, 6) is 1.25. The molecule has 10 heteroatoms. The van der Waals surface area contributed by atoms with E-state index in [-0.39, 0.29) is 17.6 Å². The van der Waals surface area contributed by atoms with E-state index in [2.05, 4.69) is 25.5 Å². The Kier molecular flexibility index (Phi) is 3.92. The molecular formula is C20H18ClN7O2. The Bertz CT molecular complexity index is 1290. The standard InChI is InChI=1S/C20H18ClN7O2/c21-16-7-18(28-19(25-16)14(9-23-28)11-1-2-11)30-20(29)22-8-13-10-27-17(24-13)6-5-15(26-27)12-3-4-12/h5-7,9-12H,1-4,8H2,(H,22,29). The molecule has 1 amide bonds. The minimum Gasteiger partial charge on any atom is -0.391 e. The predicted octanol–water partition coefficient (Wildman–Crippen LogP) is 3.47. The lowest BCUT2D eigenvalue weighted by atomic mass is 10.2. The van der Waals surface area contributed by atoms with E-state index in [1.54, 1.807) is 10.7 Å². The largest absolute Gasteiger partial charge is 0.414 e. The zero-order valence-electron chi connectivity index (χ0n) is 16.0. The number of amides is 1. The maximum absolute atomic E-state index is 12.4. The molecule has 2 saturated carbocycles. The Balaban J connectivity index is 1.17. The van der Waals surface area contributed by atoms with Gasteiger partial charge in [0.05, 0.1) is 30.3 Å². The summed E-state index contributed by atoms with van der Waals surface area (Å²) in [6, 6.07) is 5.45. The Hall–Kier alpha value is -3.20. The smallest absolute Gasteiger partial charge is 0.391 e. The van der Waals surface area contributed by atoms with E-state index < -0.39 is 6.09 Å². The molecule has 0 bridgehead atoms. The van der Waals surface area contributed by atoms with Gasteiger partial charge in [-0.05, 0) is 43.7 Å². The van der Waals surface area contributed by atoms with E-state index in [1.807, 2.05) is 18.3 Å². The average Bonchev–Trinajstić information content (AvgIpc) is 3.66. The summed E-state index contributed by atoms with van der Waals surface area (Å²) in [5, 5.41) is 11.9. The highest BCUT2D eigenvalue weighted by atomic mass is 35.5. The van der Waals surface area contributed by atoms with Gasteiger partial charge in [-0.15, -0.1) is 0 Å². The van der Waals surface area contributed by atoms with Crippen molar-refractivity contribution in [3.8, 4) is 5.88 Å². The molecule has 4 heterocycles. The second kappa shape index (κ2) is 6.66. The van der Waals surface area contributed by atoms with Crippen molar-refractivity contribution in [3.05, 3.63) is 52.7 Å². The fourth-order valence-corrected chi connectivity index (χ4v) is 3.77. The van der Waals surface area contributed by atoms with Gasteiger partial charge in [0, 0.05) is 17.5 Å². The van der Waals surface area contributed by atoms with E-state index in [0.717, 1.165) is 29.7 Å². The van der Waals surface area contributed by atoms with Crippen LogP contribution < -0.4 is 10.1 Å². The number of carbonyl (C=O) groups excluding carboxylic acids is 1. The lowest BCUT2D eigenvalue weighted by molar-refractivity contribution is 0.196. The molecular weight excluding hydrogens is 406 g/mol. The molecule has 0 atom stereocenters. The van der Waals surface area contributed by atoms with Crippen molar-refractivity contribution in [2.45, 2.75) is 44.1 Å². The van der Waals surface area contributed by atoms with E-state index in [1.165, 1.54) is 23.4 Å². The number of halogens is 1. The van der Waals surface area contributed by atoms with Crippen molar-refractivity contribution < 1.29 is 9.53 Å². The number of ether oxygens (including phenoxy) is 1. The van der Waals surface area contributed by atoms with Gasteiger partial charge in [-0.1, -0.05) is 11.6 Å². The molecule has 0 saturated heterocycles. The molecule has 9 nitrogen and oxygen atoms in total. The summed E-state index contributed by atoms with van der Waals surface area (Å²) in [5.41, 5.74) is 4.19. The lowest BCUT2D eigenvalue weighted by Gasteiger charge is -2.07. The molecule has 2 aliphatic carbocycles. The van der Waals surface area contributed by atoms with Crippen molar-refractivity contribution in [3.63, 3.8) is 0 Å². The normalized spacial score (nSPS) is 16.3. The number of hydrogen-bond acceptors (Lipinski definition) is 6. The molecule has 2 aliphatic rings. The fourth-order valence-electron chi connectivity index (χ4n) is 3.60. The van der Waals surface area contributed by atoms with Crippen LogP contribution in [0.5, 0.6) is 5.88 Å². The number of fused-ring (bicyclic) bond motifs is 2. The second-order valence-electron chi connectivity index (χ2n) is 7.84. The highest BCUT2D eigenvalue weighted by molar-refractivity contribution is 6.29. The van der Waals surface area contributed by atoms with Crippen LogP contribution in [0.15, 0.2) is 30.6 Å². The van der Waals surface area contributed by atoms with Crippen LogP contribution in [0, 0.1) is 0 Å². The summed E-state index contributed by atoms with van der Waals surface area (Å²) < 4.78 is 8.71. The third kappa shape index (κ3) is 3.24. The van der Waals surface area contributed by atoms with Gasteiger partial charge in [0.15, 0.2) is 11.3 Å². The first-order chi connectivity index (χ1) is 14.6. The number of nitrogens with zero attached hydrogens (tertiary/aromatic N) is 6. The van der Waals surface area contributed by atoms with Crippen LogP contribution in [0.4, 0.5) is 4.79 Å². The predicted molar refractivity (Wildman–Crippen MR) is 108 cm³/mol. The molecule has 152 valence electrons. The van der Waals surface area contributed by atoms with E-state index >= 15 is 0 Å². The molecule has 4 aromatic rings. The molecule has 0 unspecified atom stereocenters. The Morgan fingerprint density at radius 2 is 2.03 bits per heavy atom. The first kappa shape index (κ1) is 17.6. The highest BCUT2D eigenvalue weighted by Crippen LogP contribution is 2.42. The Morgan fingerprint density at radius 3 is 2.83 bits per heavy atom. The Labute approximate surface area is 176 Å². The monoisotopic (exact) mass is 423 g/mol. The SMILES string of the molecule is O=C(NCc1cn2nc(C3CC3)ccc2n1)Oc1cc(Cl)nc2c(C3CC3)cnn12. The summed E-state index contributed by atoms with van der Waals surface area (Å²) >= 11 is 6.14. The molecule has 0 radical (unpaired) electrons. The molecule has 6 rings (SSSR count). The van der Waals surface area contributed by atoms with Crippen LogP contribution in [0.2, 0.25) is 5.15 Å². The molecule has 0 aromatic carbocycles. The zero-order chi connectivity index (χ0) is 20.2. The van der Waals surface area contributed by atoms with Gasteiger partial charge in [-0.25, -0.2) is 19.3 Å². The fraction of sp³-hybridized carbons (Fsp3) is 0.350. The van der Waals surface area contributed by atoms with Crippen LogP contribution in [-0.2, 0) is 6.54 Å². The van der Waals surface area contributed by atoms with Gasteiger partial charge in [-0.2, -0.15) is 14.7 Å². The van der Waals surface area contributed by atoms with Crippen LogP contribution >= 0.6 is 11.6 Å². The first-order valence-electron chi connectivity index (χ1n) is 9.99. The van der Waals surface area contributed by atoms with Crippen molar-refractivity contribution >= 4 is 29.0 Å². The van der Waals surface area contributed by atoms with Crippen molar-refractivity contribution in [1.82, 2.24) is 34.5 Å². The van der Waals surface area contributed by atoms with Crippen LogP contribution in [0.1, 0.15) is 54.5 Å². The highest BCUT2D eigenvalue weighted by Gasteiger charge is 2.29. The molecule has 0 aliphatic heterocycles. The maximum atomic E-state index is 12.4. The molecule has 30 heavy (non-hydrogen) atoms. The number of aromatic nitrogens is 6. The van der Waals surface area contributed by atoms with E-state index in [0.29, 0.717) is 23.2 Å². The molecule has 1 N–H and O–H groups in total. The third-order valence-electron chi connectivity index (χ3n) is 5.45. The Morgan fingerprint density at radius 1 is 1.20 bits per heavy atom. The van der Waals surface area contributed by atoms with Crippen molar-refractivity contribution in [2.24, 2.45) is 0 Å². The number of nitrogens with one attached hydrogen (secondary N) is 1. The minimum atomic E-state index is -0.620. The van der Waals surface area contributed by atoms with Crippen LogP contribution in [0.3, 0.4) is 0 Å². The molecule has 0 spiro atoms. The lowest BCUT2D eigenvalue weighted by Crippen LogP contribution is -2.27. The third-order valence-corrected chi connectivity index (χ3v) is 5.64. The van der Waals surface area contributed by atoms with Gasteiger partial charge in [-0.3, -0.25) is 0 Å². The molecule has 4 aromatic heterocycles. The second-order valence-corrected chi connectivity index (χ2v) is 8.22. The van der Waals surface area contributed by atoms with Crippen LogP contribution in [0.25, 0.3) is 11.3 Å². The van der Waals surface area contributed by atoms with E-state index in [4.69, 9.17) is 16.3 Å². The van der Waals surface area contributed by atoms with Gasteiger partial charge in [0.25, 0.3) is 0 Å². The summed E-state index contributed by atoms with van der Waals surface area (Å²) in [4.78, 5) is 21.2. The van der Waals surface area contributed by atoms with Gasteiger partial charge < -0.3 is 10.1 Å². The molecule has 2 fully saturated rings. The first-order valence-corrected chi connectivity index (χ1v) is 10.4. The van der Waals surface area contributed by atoms with Gasteiger partial charge in [0.2, 0.25) is 5.88 Å². The quantitative estimate of drug-likeness (QED) is 0.493. The number of imidazole rings is 1. The summed E-state index contributed by atoms with van der Waals surface area (Å²) in [6.45, 7) is 0.218. The average molecular weight is 424 g/mol. The topological polar surface area (TPSA) is 98.7 Å². The summed E-state index contributed by atoms with van der Waals surface area (Å²) in [6.07, 6.45) is 7.57. The van der Waals surface area contributed by atoms with Crippen LogP contribution in [-0.4, -0.2) is 35.3 Å². The van der Waals surface area contributed by atoms with Crippen molar-refractivity contribution in [2.75, 3.05) is 0 Å². The van der Waals surface area contributed by atoms with Gasteiger partial charge in [0.1, 0.15) is 5.15 Å². The maximum Gasteiger partial charge on any atom is 0.414 e. The number of carbonyl (C=O) groups is 1. The minimum absolute atomic E-state index is 0.218. The van der Waals surface area contributed by atoms with Gasteiger partial charge >= 0.3 is 6.09 Å².